The van der Waals surface area contributed by atoms with Crippen LogP contribution in [0, 0.1) is 0 Å². The Balaban J connectivity index is 1.80. The first kappa shape index (κ1) is 14.5. The van der Waals surface area contributed by atoms with Crippen LogP contribution in [0.5, 0.6) is 0 Å². The highest BCUT2D eigenvalue weighted by molar-refractivity contribution is 9.11. The summed E-state index contributed by atoms with van der Waals surface area (Å²) in [5, 5.41) is 4.42. The number of aromatic nitrogens is 2. The number of nitrogens with two attached hydrogens (primary N) is 1. The number of hydrogen-bond acceptors (Lipinski definition) is 4. The summed E-state index contributed by atoms with van der Waals surface area (Å²) in [6.45, 7) is 0. The Morgan fingerprint density at radius 1 is 1.24 bits per heavy atom. The van der Waals surface area contributed by atoms with E-state index in [0.717, 1.165) is 21.5 Å². The lowest BCUT2D eigenvalue weighted by Gasteiger charge is -2.12. The van der Waals surface area contributed by atoms with Gasteiger partial charge in [0.25, 0.3) is 0 Å². The van der Waals surface area contributed by atoms with E-state index >= 15 is 0 Å². The summed E-state index contributed by atoms with van der Waals surface area (Å²) in [5.41, 5.74) is 4.99. The van der Waals surface area contributed by atoms with E-state index in [4.69, 9.17) is 5.84 Å². The second-order valence-corrected chi connectivity index (χ2v) is 7.23. The number of hydrazine groups is 1. The van der Waals surface area contributed by atoms with Gasteiger partial charge >= 0.3 is 0 Å². The minimum Gasteiger partial charge on any atom is -0.271 e. The van der Waals surface area contributed by atoms with E-state index in [1.807, 2.05) is 47.4 Å². The van der Waals surface area contributed by atoms with Crippen LogP contribution in [-0.4, -0.2) is 9.78 Å². The van der Waals surface area contributed by atoms with Crippen LogP contribution in [-0.2, 0) is 6.42 Å². The molecule has 21 heavy (non-hydrogen) atoms. The highest BCUT2D eigenvalue weighted by atomic mass is 79.9. The largest absolute Gasteiger partial charge is 0.271 e. The molecule has 0 aliphatic carbocycles. The highest BCUT2D eigenvalue weighted by Crippen LogP contribution is 2.26. The molecular weight excluding hydrogens is 348 g/mol. The molecule has 2 heterocycles. The fourth-order valence-electron chi connectivity index (χ4n) is 2.17. The van der Waals surface area contributed by atoms with Gasteiger partial charge in [-0.25, -0.2) is 4.68 Å². The molecule has 0 aliphatic heterocycles. The lowest BCUT2D eigenvalue weighted by molar-refractivity contribution is 0.555. The Hall–Kier alpha value is -1.47. The fourth-order valence-corrected chi connectivity index (χ4v) is 3.70. The van der Waals surface area contributed by atoms with Crippen molar-refractivity contribution in [2.45, 2.75) is 12.5 Å². The summed E-state index contributed by atoms with van der Waals surface area (Å²) >= 11 is 5.21. The molecule has 0 saturated heterocycles. The normalized spacial score (nSPS) is 12.5. The standard InChI is InChI=1S/C15H15BrN4S/c16-15-7-6-13(21-15)8-14(19-17)11-9-18-20(10-11)12-4-2-1-3-5-12/h1-7,9-10,14,19H,8,17H2. The number of hydrogen-bond donors (Lipinski definition) is 2. The molecule has 0 bridgehead atoms. The molecule has 4 nitrogen and oxygen atoms in total. The van der Waals surface area contributed by atoms with Crippen LogP contribution in [0.1, 0.15) is 16.5 Å². The molecule has 0 saturated carbocycles. The van der Waals surface area contributed by atoms with Gasteiger partial charge in [-0.15, -0.1) is 11.3 Å². The lowest BCUT2D eigenvalue weighted by atomic mass is 10.1. The molecule has 0 radical (unpaired) electrons. The fraction of sp³-hybridized carbons (Fsp3) is 0.133. The molecular formula is C15H15BrN4S. The maximum absolute atomic E-state index is 5.71. The molecule has 3 rings (SSSR count). The zero-order chi connectivity index (χ0) is 14.7. The van der Waals surface area contributed by atoms with Crippen LogP contribution in [0.25, 0.3) is 5.69 Å². The second-order valence-electron chi connectivity index (χ2n) is 4.68. The molecule has 1 atom stereocenters. The van der Waals surface area contributed by atoms with E-state index in [1.54, 1.807) is 11.3 Å². The van der Waals surface area contributed by atoms with E-state index in [9.17, 15) is 0 Å². The quantitative estimate of drug-likeness (QED) is 0.539. The van der Waals surface area contributed by atoms with Crippen LogP contribution in [0.4, 0.5) is 0 Å². The van der Waals surface area contributed by atoms with Gasteiger partial charge in [0, 0.05) is 23.1 Å². The summed E-state index contributed by atoms with van der Waals surface area (Å²) in [4.78, 5) is 1.28. The molecule has 6 heteroatoms. The van der Waals surface area contributed by atoms with Gasteiger partial charge in [-0.1, -0.05) is 18.2 Å². The number of thiophene rings is 1. The van der Waals surface area contributed by atoms with Gasteiger partial charge in [0.05, 0.1) is 21.7 Å². The van der Waals surface area contributed by atoms with E-state index < -0.39 is 0 Å². The third-order valence-corrected chi connectivity index (χ3v) is 4.91. The zero-order valence-electron chi connectivity index (χ0n) is 11.2. The van der Waals surface area contributed by atoms with Crippen LogP contribution in [0.15, 0.2) is 58.6 Å². The molecule has 0 amide bonds. The van der Waals surface area contributed by atoms with Crippen molar-refractivity contribution in [1.82, 2.24) is 15.2 Å². The minimum atomic E-state index is 0.0491. The number of nitrogens with zero attached hydrogens (tertiary/aromatic N) is 2. The molecule has 3 N–H and O–H groups in total. The number of rotatable bonds is 5. The molecule has 0 spiro atoms. The summed E-state index contributed by atoms with van der Waals surface area (Å²) in [5.74, 6) is 5.71. The van der Waals surface area contributed by atoms with Gasteiger partial charge in [0.1, 0.15) is 0 Å². The van der Waals surface area contributed by atoms with Crippen LogP contribution < -0.4 is 11.3 Å². The predicted molar refractivity (Wildman–Crippen MR) is 89.4 cm³/mol. The molecule has 0 fully saturated rings. The van der Waals surface area contributed by atoms with Crippen molar-refractivity contribution in [2.75, 3.05) is 0 Å². The minimum absolute atomic E-state index is 0.0491. The monoisotopic (exact) mass is 362 g/mol. The second kappa shape index (κ2) is 6.53. The first-order valence-corrected chi connectivity index (χ1v) is 8.17. The molecule has 2 aromatic heterocycles. The van der Waals surface area contributed by atoms with Crippen LogP contribution in [0.2, 0.25) is 0 Å². The van der Waals surface area contributed by atoms with Gasteiger partial charge in [-0.05, 0) is 40.2 Å². The summed E-state index contributed by atoms with van der Waals surface area (Å²) in [6, 6.07) is 14.3. The van der Waals surface area contributed by atoms with Crippen molar-refractivity contribution in [3.05, 3.63) is 69.1 Å². The summed E-state index contributed by atoms with van der Waals surface area (Å²) < 4.78 is 3.00. The van der Waals surface area contributed by atoms with Gasteiger partial charge in [-0.3, -0.25) is 11.3 Å². The third kappa shape index (κ3) is 3.41. The molecule has 1 unspecified atom stereocenters. The van der Waals surface area contributed by atoms with E-state index in [2.05, 4.69) is 38.6 Å². The van der Waals surface area contributed by atoms with E-state index in [-0.39, 0.29) is 6.04 Å². The molecule has 0 aliphatic rings. The Morgan fingerprint density at radius 2 is 2.05 bits per heavy atom. The van der Waals surface area contributed by atoms with Gasteiger partial charge in [0.2, 0.25) is 0 Å². The van der Waals surface area contributed by atoms with Crippen molar-refractivity contribution in [2.24, 2.45) is 5.84 Å². The van der Waals surface area contributed by atoms with Crippen molar-refractivity contribution >= 4 is 27.3 Å². The molecule has 3 aromatic rings. The topological polar surface area (TPSA) is 55.9 Å². The van der Waals surface area contributed by atoms with Crippen molar-refractivity contribution in [1.29, 1.82) is 0 Å². The average Bonchev–Trinajstić information content (AvgIpc) is 3.15. The average molecular weight is 363 g/mol. The Morgan fingerprint density at radius 3 is 2.71 bits per heavy atom. The molecule has 108 valence electrons. The number of benzene rings is 1. The third-order valence-electron chi connectivity index (χ3n) is 3.26. The van der Waals surface area contributed by atoms with Crippen molar-refractivity contribution < 1.29 is 0 Å². The van der Waals surface area contributed by atoms with Crippen molar-refractivity contribution in [3.8, 4) is 5.69 Å². The Kier molecular flexibility index (Phi) is 4.50. The van der Waals surface area contributed by atoms with Gasteiger partial charge in [0.15, 0.2) is 0 Å². The maximum Gasteiger partial charge on any atom is 0.0701 e. The van der Waals surface area contributed by atoms with Crippen molar-refractivity contribution in [3.63, 3.8) is 0 Å². The van der Waals surface area contributed by atoms with E-state index in [1.165, 1.54) is 4.88 Å². The first-order chi connectivity index (χ1) is 10.3. The SMILES string of the molecule is NNC(Cc1ccc(Br)s1)c1cnn(-c2ccccc2)c1. The number of para-hydroxylation sites is 1. The smallest absolute Gasteiger partial charge is 0.0701 e. The zero-order valence-corrected chi connectivity index (χ0v) is 13.6. The Labute approximate surface area is 135 Å². The lowest BCUT2D eigenvalue weighted by Crippen LogP contribution is -2.29. The van der Waals surface area contributed by atoms with Crippen LogP contribution in [0.3, 0.4) is 0 Å². The summed E-state index contributed by atoms with van der Waals surface area (Å²) in [6.07, 6.45) is 4.72. The van der Waals surface area contributed by atoms with E-state index in [0.29, 0.717) is 0 Å². The summed E-state index contributed by atoms with van der Waals surface area (Å²) in [7, 11) is 0. The Bertz CT molecular complexity index is 707. The number of nitrogens with one attached hydrogen (secondary N) is 1. The maximum atomic E-state index is 5.71. The number of halogens is 1. The predicted octanol–water partition coefficient (Wildman–Crippen LogP) is 3.44. The highest BCUT2D eigenvalue weighted by Gasteiger charge is 2.14. The first-order valence-electron chi connectivity index (χ1n) is 6.56. The van der Waals surface area contributed by atoms with Gasteiger partial charge in [-0.2, -0.15) is 5.10 Å². The molecule has 1 aromatic carbocycles. The van der Waals surface area contributed by atoms with Crippen LogP contribution >= 0.6 is 27.3 Å². The van der Waals surface area contributed by atoms with Gasteiger partial charge < -0.3 is 0 Å².